The molecule has 0 bridgehead atoms. The first-order valence-corrected chi connectivity index (χ1v) is 9.46. The summed E-state index contributed by atoms with van der Waals surface area (Å²) < 4.78 is 0. The highest BCUT2D eigenvalue weighted by molar-refractivity contribution is 7.13. The van der Waals surface area contributed by atoms with E-state index in [2.05, 4.69) is 15.2 Å². The molecule has 0 atom stereocenters. The van der Waals surface area contributed by atoms with Crippen LogP contribution < -0.4 is 5.32 Å². The molecule has 0 spiro atoms. The van der Waals surface area contributed by atoms with Gasteiger partial charge in [-0.15, -0.1) is 11.3 Å². The SMILES string of the molecule is O=C(O)Nc1nc(CC(=O)N2CCN(C3CCCCC3)CC2)cs1. The average molecular weight is 352 g/mol. The van der Waals surface area contributed by atoms with Crippen LogP contribution in [0.2, 0.25) is 0 Å². The molecule has 24 heavy (non-hydrogen) atoms. The molecule has 0 radical (unpaired) electrons. The Balaban J connectivity index is 1.46. The molecule has 3 rings (SSSR count). The fraction of sp³-hybridized carbons (Fsp3) is 0.688. The zero-order valence-corrected chi connectivity index (χ0v) is 14.6. The number of carboxylic acid groups (broad SMARTS) is 1. The number of anilines is 1. The Morgan fingerprint density at radius 1 is 1.21 bits per heavy atom. The molecule has 132 valence electrons. The third-order valence-electron chi connectivity index (χ3n) is 4.86. The van der Waals surface area contributed by atoms with Gasteiger partial charge in [0.2, 0.25) is 5.91 Å². The minimum atomic E-state index is -1.14. The summed E-state index contributed by atoms with van der Waals surface area (Å²) in [7, 11) is 0. The smallest absolute Gasteiger partial charge is 0.410 e. The largest absolute Gasteiger partial charge is 0.465 e. The minimum absolute atomic E-state index is 0.0745. The van der Waals surface area contributed by atoms with Gasteiger partial charge in [-0.25, -0.2) is 9.78 Å². The molecule has 0 aromatic carbocycles. The highest BCUT2D eigenvalue weighted by atomic mass is 32.1. The van der Waals surface area contributed by atoms with Gasteiger partial charge in [0, 0.05) is 37.6 Å². The first-order chi connectivity index (χ1) is 11.6. The Hall–Kier alpha value is -1.67. The quantitative estimate of drug-likeness (QED) is 0.868. The molecule has 1 aromatic heterocycles. The third kappa shape index (κ3) is 4.45. The first kappa shape index (κ1) is 17.2. The van der Waals surface area contributed by atoms with Crippen molar-refractivity contribution in [1.29, 1.82) is 0 Å². The van der Waals surface area contributed by atoms with Crippen LogP contribution in [-0.4, -0.2) is 64.1 Å². The molecule has 0 unspecified atom stereocenters. The molecule has 7 nitrogen and oxygen atoms in total. The van der Waals surface area contributed by atoms with E-state index in [0.717, 1.165) is 26.2 Å². The van der Waals surface area contributed by atoms with Gasteiger partial charge < -0.3 is 10.0 Å². The second-order valence-electron chi connectivity index (χ2n) is 6.46. The molecule has 2 N–H and O–H groups in total. The van der Waals surface area contributed by atoms with E-state index in [-0.39, 0.29) is 12.3 Å². The lowest BCUT2D eigenvalue weighted by Crippen LogP contribution is -2.52. The Bertz CT molecular complexity index is 578. The number of aromatic nitrogens is 1. The predicted octanol–water partition coefficient (Wildman–Crippen LogP) is 2.25. The summed E-state index contributed by atoms with van der Waals surface area (Å²) in [5, 5.41) is 12.9. The van der Waals surface area contributed by atoms with E-state index in [1.165, 1.54) is 43.4 Å². The standard InChI is InChI=1S/C16H24N4O3S/c21-14(10-12-11-24-15(17-12)18-16(22)23)20-8-6-19(7-9-20)13-4-2-1-3-5-13/h11,13H,1-10H2,(H,17,18)(H,22,23). The highest BCUT2D eigenvalue weighted by Crippen LogP contribution is 2.23. The lowest BCUT2D eigenvalue weighted by atomic mass is 9.94. The summed E-state index contributed by atoms with van der Waals surface area (Å²) >= 11 is 1.20. The van der Waals surface area contributed by atoms with Gasteiger partial charge in [0.25, 0.3) is 0 Å². The highest BCUT2D eigenvalue weighted by Gasteiger charge is 2.27. The Labute approximate surface area is 145 Å². The molecule has 2 fully saturated rings. The molecule has 2 amide bonds. The van der Waals surface area contributed by atoms with Gasteiger partial charge >= 0.3 is 6.09 Å². The Morgan fingerprint density at radius 3 is 2.58 bits per heavy atom. The van der Waals surface area contributed by atoms with Gasteiger partial charge in [0.05, 0.1) is 12.1 Å². The summed E-state index contributed by atoms with van der Waals surface area (Å²) in [6.45, 7) is 3.47. The van der Waals surface area contributed by atoms with E-state index in [0.29, 0.717) is 16.9 Å². The lowest BCUT2D eigenvalue weighted by Gasteiger charge is -2.40. The van der Waals surface area contributed by atoms with Crippen LogP contribution in [0, 0.1) is 0 Å². The molecular weight excluding hydrogens is 328 g/mol. The number of piperazine rings is 1. The van der Waals surface area contributed by atoms with Crippen molar-refractivity contribution in [3.63, 3.8) is 0 Å². The fourth-order valence-electron chi connectivity index (χ4n) is 3.59. The summed E-state index contributed by atoms with van der Waals surface area (Å²) in [4.78, 5) is 31.6. The summed E-state index contributed by atoms with van der Waals surface area (Å²) in [5.74, 6) is 0.0745. The summed E-state index contributed by atoms with van der Waals surface area (Å²) in [6.07, 6.45) is 5.72. The predicted molar refractivity (Wildman–Crippen MR) is 92.5 cm³/mol. The van der Waals surface area contributed by atoms with Crippen LogP contribution in [0.5, 0.6) is 0 Å². The Morgan fingerprint density at radius 2 is 1.92 bits per heavy atom. The first-order valence-electron chi connectivity index (χ1n) is 8.58. The van der Waals surface area contributed by atoms with E-state index in [9.17, 15) is 9.59 Å². The zero-order chi connectivity index (χ0) is 16.9. The number of hydrogen-bond acceptors (Lipinski definition) is 5. The van der Waals surface area contributed by atoms with E-state index in [4.69, 9.17) is 5.11 Å². The van der Waals surface area contributed by atoms with Crippen LogP contribution in [0.1, 0.15) is 37.8 Å². The lowest BCUT2D eigenvalue weighted by molar-refractivity contribution is -0.132. The van der Waals surface area contributed by atoms with E-state index in [1.807, 2.05) is 4.90 Å². The van der Waals surface area contributed by atoms with Gasteiger partial charge in [-0.3, -0.25) is 15.0 Å². The summed E-state index contributed by atoms with van der Waals surface area (Å²) in [6, 6.07) is 0.708. The van der Waals surface area contributed by atoms with Crippen molar-refractivity contribution in [2.75, 3.05) is 31.5 Å². The molecule has 2 aliphatic rings. The second kappa shape index (κ2) is 7.94. The maximum absolute atomic E-state index is 12.4. The maximum atomic E-state index is 12.4. The van der Waals surface area contributed by atoms with E-state index >= 15 is 0 Å². The summed E-state index contributed by atoms with van der Waals surface area (Å²) in [5.41, 5.74) is 0.628. The number of amides is 2. The van der Waals surface area contributed by atoms with Crippen LogP contribution in [0.25, 0.3) is 0 Å². The zero-order valence-electron chi connectivity index (χ0n) is 13.7. The third-order valence-corrected chi connectivity index (χ3v) is 5.66. The molecule has 1 aromatic rings. The van der Waals surface area contributed by atoms with E-state index < -0.39 is 6.09 Å². The van der Waals surface area contributed by atoms with Crippen molar-refractivity contribution >= 4 is 28.5 Å². The fourth-order valence-corrected chi connectivity index (χ4v) is 4.29. The number of hydrogen-bond donors (Lipinski definition) is 2. The molecule has 1 aliphatic heterocycles. The van der Waals surface area contributed by atoms with Gasteiger partial charge in [0.15, 0.2) is 5.13 Å². The van der Waals surface area contributed by atoms with Gasteiger partial charge in [0.1, 0.15) is 0 Å². The second-order valence-corrected chi connectivity index (χ2v) is 7.32. The van der Waals surface area contributed by atoms with Gasteiger partial charge in [-0.05, 0) is 12.8 Å². The topological polar surface area (TPSA) is 85.8 Å². The molecule has 1 saturated carbocycles. The van der Waals surface area contributed by atoms with Crippen LogP contribution in [0.4, 0.5) is 9.93 Å². The molecule has 1 saturated heterocycles. The van der Waals surface area contributed by atoms with E-state index in [1.54, 1.807) is 5.38 Å². The van der Waals surface area contributed by atoms with Crippen molar-refractivity contribution in [2.24, 2.45) is 0 Å². The van der Waals surface area contributed by atoms with Crippen LogP contribution in [-0.2, 0) is 11.2 Å². The molecular formula is C16H24N4O3S. The number of nitrogens with zero attached hydrogens (tertiary/aromatic N) is 3. The van der Waals surface area contributed by atoms with Crippen molar-refractivity contribution in [1.82, 2.24) is 14.8 Å². The van der Waals surface area contributed by atoms with Gasteiger partial charge in [-0.2, -0.15) is 0 Å². The normalized spacial score (nSPS) is 20.1. The molecule has 1 aliphatic carbocycles. The van der Waals surface area contributed by atoms with Crippen LogP contribution in [0.15, 0.2) is 5.38 Å². The maximum Gasteiger partial charge on any atom is 0.410 e. The van der Waals surface area contributed by atoms with Crippen molar-refractivity contribution in [3.8, 4) is 0 Å². The number of nitrogens with one attached hydrogen (secondary N) is 1. The Kier molecular flexibility index (Phi) is 5.68. The number of thiazole rings is 1. The van der Waals surface area contributed by atoms with Crippen molar-refractivity contribution in [3.05, 3.63) is 11.1 Å². The van der Waals surface area contributed by atoms with Gasteiger partial charge in [-0.1, -0.05) is 19.3 Å². The van der Waals surface area contributed by atoms with Crippen LogP contribution in [0.3, 0.4) is 0 Å². The molecule has 2 heterocycles. The minimum Gasteiger partial charge on any atom is -0.465 e. The monoisotopic (exact) mass is 352 g/mol. The van der Waals surface area contributed by atoms with Crippen molar-refractivity contribution in [2.45, 2.75) is 44.6 Å². The van der Waals surface area contributed by atoms with Crippen LogP contribution >= 0.6 is 11.3 Å². The van der Waals surface area contributed by atoms with Crippen molar-refractivity contribution < 1.29 is 14.7 Å². The number of carbonyl (C=O) groups is 2. The number of rotatable bonds is 4. The molecule has 8 heteroatoms. The average Bonchev–Trinajstić information content (AvgIpc) is 3.02. The number of carbonyl (C=O) groups excluding carboxylic acids is 1.